The minimum Gasteiger partial charge on any atom is -0.541 e. The van der Waals surface area contributed by atoms with Gasteiger partial charge in [0.2, 0.25) is 0 Å². The molecule has 0 bridgehead atoms. The molecule has 0 amide bonds. The van der Waals surface area contributed by atoms with Crippen LogP contribution in [-0.4, -0.2) is 13.4 Å². The Bertz CT molecular complexity index is 645. The Morgan fingerprint density at radius 3 is 2.35 bits per heavy atom. The average Bonchev–Trinajstić information content (AvgIpc) is 2.31. The number of hydrogen-bond donors (Lipinski definition) is 1. The lowest BCUT2D eigenvalue weighted by molar-refractivity contribution is 0.425. The molecule has 2 aromatic rings. The maximum atomic E-state index is 13.3. The SMILES string of the molecule is CC(C)(C)[Si](C)(C)Oc1c(O)ccc2cc(F)ccc12. The molecular formula is C16H21FO2Si. The van der Waals surface area contributed by atoms with Crippen LogP contribution in [0.1, 0.15) is 20.8 Å². The molecule has 0 aliphatic rings. The summed E-state index contributed by atoms with van der Waals surface area (Å²) in [5, 5.41) is 11.6. The van der Waals surface area contributed by atoms with Gasteiger partial charge in [0.25, 0.3) is 8.32 Å². The first-order chi connectivity index (χ1) is 9.12. The van der Waals surface area contributed by atoms with Crippen molar-refractivity contribution in [3.63, 3.8) is 0 Å². The minimum atomic E-state index is -2.06. The molecule has 0 spiro atoms. The van der Waals surface area contributed by atoms with Crippen LogP contribution in [0.15, 0.2) is 30.3 Å². The third-order valence-corrected chi connectivity index (χ3v) is 8.40. The van der Waals surface area contributed by atoms with Crippen LogP contribution in [0.3, 0.4) is 0 Å². The molecule has 2 rings (SSSR count). The van der Waals surface area contributed by atoms with Crippen molar-refractivity contribution in [3.05, 3.63) is 36.1 Å². The number of fused-ring (bicyclic) bond motifs is 1. The van der Waals surface area contributed by atoms with E-state index < -0.39 is 8.32 Å². The molecule has 20 heavy (non-hydrogen) atoms. The first-order valence-electron chi connectivity index (χ1n) is 6.72. The van der Waals surface area contributed by atoms with Crippen molar-refractivity contribution in [1.82, 2.24) is 0 Å². The first-order valence-corrected chi connectivity index (χ1v) is 9.63. The second kappa shape index (κ2) is 4.77. The standard InChI is InChI=1S/C16H21FO2Si/c1-16(2,3)20(4,5)19-15-13-8-7-12(17)10-11(13)6-9-14(15)18/h6-10,18H,1-5H3. The van der Waals surface area contributed by atoms with Crippen molar-refractivity contribution in [2.75, 3.05) is 0 Å². The van der Waals surface area contributed by atoms with Gasteiger partial charge in [0.05, 0.1) is 0 Å². The van der Waals surface area contributed by atoms with Gasteiger partial charge in [0.1, 0.15) is 5.82 Å². The Kier molecular flexibility index (Phi) is 3.54. The van der Waals surface area contributed by atoms with E-state index in [0.29, 0.717) is 5.75 Å². The number of aromatic hydroxyl groups is 1. The van der Waals surface area contributed by atoms with Crippen molar-refractivity contribution < 1.29 is 13.9 Å². The normalized spacial score (nSPS) is 12.7. The maximum Gasteiger partial charge on any atom is 0.250 e. The molecule has 0 radical (unpaired) electrons. The molecule has 0 saturated carbocycles. The second-order valence-electron chi connectivity index (χ2n) is 6.64. The summed E-state index contributed by atoms with van der Waals surface area (Å²) in [6, 6.07) is 7.76. The van der Waals surface area contributed by atoms with Gasteiger partial charge in [-0.3, -0.25) is 0 Å². The smallest absolute Gasteiger partial charge is 0.250 e. The van der Waals surface area contributed by atoms with Crippen molar-refractivity contribution in [3.8, 4) is 11.5 Å². The molecule has 0 atom stereocenters. The summed E-state index contributed by atoms with van der Waals surface area (Å²) in [4.78, 5) is 0. The van der Waals surface area contributed by atoms with E-state index in [1.165, 1.54) is 12.1 Å². The molecule has 1 N–H and O–H groups in total. The molecule has 108 valence electrons. The van der Waals surface area contributed by atoms with Crippen molar-refractivity contribution in [1.29, 1.82) is 0 Å². The van der Waals surface area contributed by atoms with E-state index in [1.54, 1.807) is 18.2 Å². The van der Waals surface area contributed by atoms with Crippen LogP contribution in [0.25, 0.3) is 10.8 Å². The minimum absolute atomic E-state index is 0.0294. The van der Waals surface area contributed by atoms with Crippen molar-refractivity contribution >= 4 is 19.1 Å². The fourth-order valence-corrected chi connectivity index (χ4v) is 2.81. The Hall–Kier alpha value is -1.55. The molecule has 4 heteroatoms. The number of benzene rings is 2. The third kappa shape index (κ3) is 2.65. The molecule has 0 aliphatic heterocycles. The van der Waals surface area contributed by atoms with E-state index >= 15 is 0 Å². The quantitative estimate of drug-likeness (QED) is 0.783. The van der Waals surface area contributed by atoms with E-state index in [2.05, 4.69) is 33.9 Å². The fraction of sp³-hybridized carbons (Fsp3) is 0.375. The fourth-order valence-electron chi connectivity index (χ4n) is 1.78. The van der Waals surface area contributed by atoms with Crippen molar-refractivity contribution in [2.24, 2.45) is 0 Å². The summed E-state index contributed by atoms with van der Waals surface area (Å²) in [5.74, 6) is 0.282. The van der Waals surface area contributed by atoms with E-state index in [9.17, 15) is 9.50 Å². The number of hydrogen-bond acceptors (Lipinski definition) is 2. The molecule has 0 heterocycles. The second-order valence-corrected chi connectivity index (χ2v) is 11.4. The van der Waals surface area contributed by atoms with Gasteiger partial charge >= 0.3 is 0 Å². The summed E-state index contributed by atoms with van der Waals surface area (Å²) in [6.07, 6.45) is 0. The lowest BCUT2D eigenvalue weighted by atomic mass is 10.1. The van der Waals surface area contributed by atoms with Gasteiger partial charge in [-0.05, 0) is 47.8 Å². The predicted molar refractivity (Wildman–Crippen MR) is 83.4 cm³/mol. The van der Waals surface area contributed by atoms with Crippen LogP contribution in [0.5, 0.6) is 11.5 Å². The summed E-state index contributed by atoms with van der Waals surface area (Å²) in [6.45, 7) is 10.7. The van der Waals surface area contributed by atoms with Crippen LogP contribution in [0.2, 0.25) is 18.1 Å². The van der Waals surface area contributed by atoms with Gasteiger partial charge in [-0.25, -0.2) is 4.39 Å². The largest absolute Gasteiger partial charge is 0.541 e. The van der Waals surface area contributed by atoms with E-state index in [1.807, 2.05) is 0 Å². The summed E-state index contributed by atoms with van der Waals surface area (Å²) < 4.78 is 19.5. The molecule has 0 fully saturated rings. The molecular weight excluding hydrogens is 271 g/mol. The maximum absolute atomic E-state index is 13.3. The van der Waals surface area contributed by atoms with Gasteiger partial charge in [-0.2, -0.15) is 0 Å². The highest BCUT2D eigenvalue weighted by Crippen LogP contribution is 2.42. The van der Waals surface area contributed by atoms with Crippen LogP contribution >= 0.6 is 0 Å². The van der Waals surface area contributed by atoms with Crippen LogP contribution in [-0.2, 0) is 0 Å². The summed E-state index contributed by atoms with van der Waals surface area (Å²) in [7, 11) is -2.06. The average molecular weight is 292 g/mol. The predicted octanol–water partition coefficient (Wildman–Crippen LogP) is 5.07. The lowest BCUT2D eigenvalue weighted by Crippen LogP contribution is -2.43. The van der Waals surface area contributed by atoms with Crippen LogP contribution in [0.4, 0.5) is 4.39 Å². The molecule has 0 unspecified atom stereocenters. The van der Waals surface area contributed by atoms with Gasteiger partial charge in [0.15, 0.2) is 11.5 Å². The Balaban J connectivity index is 2.57. The highest BCUT2D eigenvalue weighted by atomic mass is 28.4. The molecule has 0 saturated heterocycles. The number of phenols is 1. The lowest BCUT2D eigenvalue weighted by Gasteiger charge is -2.36. The Morgan fingerprint density at radius 2 is 1.75 bits per heavy atom. The Labute approximate surface area is 120 Å². The van der Waals surface area contributed by atoms with Crippen LogP contribution < -0.4 is 4.43 Å². The molecule has 0 aliphatic carbocycles. The topological polar surface area (TPSA) is 29.5 Å². The first kappa shape index (κ1) is 14.8. The zero-order chi connectivity index (χ0) is 15.1. The number of phenolic OH excluding ortho intramolecular Hbond substituents is 1. The van der Waals surface area contributed by atoms with Crippen molar-refractivity contribution in [2.45, 2.75) is 38.9 Å². The Morgan fingerprint density at radius 1 is 1.10 bits per heavy atom. The van der Waals surface area contributed by atoms with E-state index in [-0.39, 0.29) is 16.6 Å². The zero-order valence-electron chi connectivity index (χ0n) is 12.6. The van der Waals surface area contributed by atoms with Gasteiger partial charge in [-0.1, -0.05) is 26.8 Å². The zero-order valence-corrected chi connectivity index (χ0v) is 13.6. The number of halogens is 1. The third-order valence-electron chi connectivity index (χ3n) is 4.08. The van der Waals surface area contributed by atoms with Crippen LogP contribution in [0, 0.1) is 5.82 Å². The number of rotatable bonds is 2. The van der Waals surface area contributed by atoms with Gasteiger partial charge in [0, 0.05) is 5.39 Å². The van der Waals surface area contributed by atoms with E-state index in [4.69, 9.17) is 4.43 Å². The summed E-state index contributed by atoms with van der Waals surface area (Å²) >= 11 is 0. The van der Waals surface area contributed by atoms with E-state index in [0.717, 1.165) is 10.8 Å². The highest BCUT2D eigenvalue weighted by Gasteiger charge is 2.39. The molecule has 0 aromatic heterocycles. The highest BCUT2D eigenvalue weighted by molar-refractivity contribution is 6.74. The summed E-state index contributed by atoms with van der Waals surface area (Å²) in [5.41, 5.74) is 0. The molecule has 2 aromatic carbocycles. The molecule has 2 nitrogen and oxygen atoms in total. The monoisotopic (exact) mass is 292 g/mol. The van der Waals surface area contributed by atoms with Gasteiger partial charge in [-0.15, -0.1) is 0 Å². The van der Waals surface area contributed by atoms with Gasteiger partial charge < -0.3 is 9.53 Å².